The van der Waals surface area contributed by atoms with Crippen molar-refractivity contribution in [2.24, 2.45) is 0 Å². The lowest BCUT2D eigenvalue weighted by molar-refractivity contribution is 0.312. The number of nitrogens with one attached hydrogen (secondary N) is 1. The zero-order valence-electron chi connectivity index (χ0n) is 19.3. The van der Waals surface area contributed by atoms with E-state index in [4.69, 9.17) is 17.6 Å². The summed E-state index contributed by atoms with van der Waals surface area (Å²) in [7, 11) is 4.00. The third-order valence-corrected chi connectivity index (χ3v) is 8.06. The average molecular weight is 488 g/mol. The van der Waals surface area contributed by atoms with Gasteiger partial charge in [0.25, 0.3) is 0 Å². The third kappa shape index (κ3) is 4.74. The van der Waals surface area contributed by atoms with E-state index in [1.165, 1.54) is 11.4 Å². The summed E-state index contributed by atoms with van der Waals surface area (Å²) in [6.45, 7) is 1.34. The van der Waals surface area contributed by atoms with Gasteiger partial charge in [0.2, 0.25) is 10.0 Å². The molecule has 0 bridgehead atoms. The molecule has 2 radical (unpaired) electrons. The van der Waals surface area contributed by atoms with Crippen LogP contribution in [-0.4, -0.2) is 60.4 Å². The Morgan fingerprint density at radius 3 is 2.89 bits per heavy atom. The summed E-state index contributed by atoms with van der Waals surface area (Å²) in [5.74, 6) is 1.16. The van der Waals surface area contributed by atoms with Gasteiger partial charge in [-0.25, -0.2) is 13.4 Å². The molecule has 1 fully saturated rings. The smallest absolute Gasteiger partial charge is 0.243 e. The number of benzene rings is 1. The zero-order chi connectivity index (χ0) is 24.4. The van der Waals surface area contributed by atoms with E-state index in [1.807, 2.05) is 18.2 Å². The fourth-order valence-electron chi connectivity index (χ4n) is 4.34. The molecule has 0 saturated carbocycles. The van der Waals surface area contributed by atoms with Gasteiger partial charge in [0, 0.05) is 56.3 Å². The number of ether oxygens (including phenoxy) is 1. The summed E-state index contributed by atoms with van der Waals surface area (Å²) in [5.41, 5.74) is 2.81. The summed E-state index contributed by atoms with van der Waals surface area (Å²) in [6, 6.07) is 12.4. The molecule has 9 nitrogen and oxygen atoms in total. The second-order valence-corrected chi connectivity index (χ2v) is 10.4. The topological polar surface area (TPSA) is 102 Å². The van der Waals surface area contributed by atoms with E-state index in [-0.39, 0.29) is 10.8 Å². The van der Waals surface area contributed by atoms with Crippen LogP contribution < -0.4 is 15.5 Å². The molecule has 3 aromatic heterocycles. The molecule has 35 heavy (non-hydrogen) atoms. The van der Waals surface area contributed by atoms with Crippen molar-refractivity contribution in [3.63, 3.8) is 0 Å². The first-order valence-electron chi connectivity index (χ1n) is 11.4. The summed E-state index contributed by atoms with van der Waals surface area (Å²) < 4.78 is 35.2. The SMILES string of the molecule is [B]c1cnn2c(NCc3cccnc3)cc(C3CCCN(S(=O)(=O)c4cccc(OC)c4)C3)nc12. The lowest BCUT2D eigenvalue weighted by Crippen LogP contribution is -2.39. The lowest BCUT2D eigenvalue weighted by Gasteiger charge is -2.32. The number of hydrogen-bond acceptors (Lipinski definition) is 7. The molecule has 1 N–H and O–H groups in total. The van der Waals surface area contributed by atoms with E-state index in [9.17, 15) is 8.42 Å². The molecular formula is C24H25BN6O3S. The predicted octanol–water partition coefficient (Wildman–Crippen LogP) is 2.11. The molecule has 0 spiro atoms. The number of rotatable bonds is 7. The number of sulfonamides is 1. The van der Waals surface area contributed by atoms with Crippen LogP contribution in [0.1, 0.15) is 30.0 Å². The average Bonchev–Trinajstić information content (AvgIpc) is 3.28. The van der Waals surface area contributed by atoms with E-state index in [0.29, 0.717) is 36.5 Å². The Morgan fingerprint density at radius 1 is 1.20 bits per heavy atom. The van der Waals surface area contributed by atoms with Gasteiger partial charge in [-0.2, -0.15) is 13.9 Å². The van der Waals surface area contributed by atoms with Crippen molar-refractivity contribution in [2.75, 3.05) is 25.5 Å². The van der Waals surface area contributed by atoms with Gasteiger partial charge in [0.05, 0.1) is 17.7 Å². The maximum absolute atomic E-state index is 13.4. The molecule has 1 aliphatic heterocycles. The highest BCUT2D eigenvalue weighted by Gasteiger charge is 2.32. The van der Waals surface area contributed by atoms with Crippen molar-refractivity contribution in [1.82, 2.24) is 23.9 Å². The van der Waals surface area contributed by atoms with Crippen molar-refractivity contribution in [3.8, 4) is 5.75 Å². The molecule has 11 heteroatoms. The molecule has 4 heterocycles. The number of fused-ring (bicyclic) bond motifs is 1. The largest absolute Gasteiger partial charge is 0.497 e. The van der Waals surface area contributed by atoms with Gasteiger partial charge in [0.15, 0.2) is 5.65 Å². The number of methoxy groups -OCH3 is 1. The van der Waals surface area contributed by atoms with Crippen LogP contribution in [0.3, 0.4) is 0 Å². The van der Waals surface area contributed by atoms with Gasteiger partial charge in [-0.15, -0.1) is 0 Å². The van der Waals surface area contributed by atoms with Crippen LogP contribution >= 0.6 is 0 Å². The van der Waals surface area contributed by atoms with E-state index in [2.05, 4.69) is 15.4 Å². The standard InChI is InChI=1S/C24H25BN6O3S/c1-34-19-7-2-8-20(11-19)35(32,33)30-10-4-6-18(16-30)22-12-23(27-14-17-5-3-9-26-13-17)31-24(29-22)21(25)15-28-31/h2-3,5,7-9,11-13,15,18,27H,4,6,10,14,16H2,1H3. The summed E-state index contributed by atoms with van der Waals surface area (Å²) in [6.07, 6.45) is 6.65. The van der Waals surface area contributed by atoms with Crippen molar-refractivity contribution >= 4 is 34.8 Å². The second-order valence-electron chi connectivity index (χ2n) is 8.50. The molecule has 0 aliphatic carbocycles. The van der Waals surface area contributed by atoms with Crippen LogP contribution in [0.5, 0.6) is 5.75 Å². The Kier molecular flexibility index (Phi) is 6.44. The minimum atomic E-state index is -3.67. The molecule has 1 aliphatic rings. The molecule has 4 aromatic rings. The third-order valence-electron chi connectivity index (χ3n) is 6.20. The van der Waals surface area contributed by atoms with Gasteiger partial charge >= 0.3 is 0 Å². The second kappa shape index (κ2) is 9.67. The number of pyridine rings is 1. The first-order valence-corrected chi connectivity index (χ1v) is 12.8. The minimum Gasteiger partial charge on any atom is -0.497 e. The Labute approximate surface area is 205 Å². The number of anilines is 1. The Hall–Kier alpha value is -3.44. The van der Waals surface area contributed by atoms with Gasteiger partial charge < -0.3 is 10.1 Å². The van der Waals surface area contributed by atoms with Crippen molar-refractivity contribution < 1.29 is 13.2 Å². The highest BCUT2D eigenvalue weighted by atomic mass is 32.2. The molecule has 178 valence electrons. The van der Waals surface area contributed by atoms with Crippen LogP contribution in [-0.2, 0) is 16.6 Å². The highest BCUT2D eigenvalue weighted by molar-refractivity contribution is 7.89. The number of aromatic nitrogens is 4. The molecule has 5 rings (SSSR count). The van der Waals surface area contributed by atoms with E-state index < -0.39 is 10.0 Å². The molecule has 1 atom stereocenters. The number of hydrogen-bond donors (Lipinski definition) is 1. The van der Waals surface area contributed by atoms with Gasteiger partial charge in [-0.1, -0.05) is 12.1 Å². The van der Waals surface area contributed by atoms with Crippen LogP contribution in [0.4, 0.5) is 5.82 Å². The van der Waals surface area contributed by atoms with Gasteiger partial charge in [-0.3, -0.25) is 4.98 Å². The molecule has 1 saturated heterocycles. The summed E-state index contributed by atoms with van der Waals surface area (Å²) in [5, 5.41) is 7.76. The molecular weight excluding hydrogens is 463 g/mol. The van der Waals surface area contributed by atoms with Crippen LogP contribution in [0.25, 0.3) is 5.65 Å². The maximum atomic E-state index is 13.4. The fourth-order valence-corrected chi connectivity index (χ4v) is 5.90. The van der Waals surface area contributed by atoms with Gasteiger partial charge in [-0.05, 0) is 42.1 Å². The summed E-state index contributed by atoms with van der Waals surface area (Å²) in [4.78, 5) is 9.15. The molecule has 1 aromatic carbocycles. The van der Waals surface area contributed by atoms with Gasteiger partial charge in [0.1, 0.15) is 19.4 Å². The molecule has 1 unspecified atom stereocenters. The Balaban J connectivity index is 1.44. The monoisotopic (exact) mass is 488 g/mol. The van der Waals surface area contributed by atoms with E-state index in [1.54, 1.807) is 47.4 Å². The zero-order valence-corrected chi connectivity index (χ0v) is 20.1. The highest BCUT2D eigenvalue weighted by Crippen LogP contribution is 2.31. The van der Waals surface area contributed by atoms with Crippen molar-refractivity contribution in [2.45, 2.75) is 30.2 Å². The number of nitrogens with zero attached hydrogens (tertiary/aromatic N) is 5. The van der Waals surface area contributed by atoms with Crippen LogP contribution in [0.15, 0.2) is 66.0 Å². The fraction of sp³-hybridized carbons (Fsp3) is 0.292. The first kappa shape index (κ1) is 23.3. The van der Waals surface area contributed by atoms with Crippen LogP contribution in [0, 0.1) is 0 Å². The first-order chi connectivity index (χ1) is 17.0. The normalized spacial score (nSPS) is 16.9. The molecule has 0 amide bonds. The predicted molar refractivity (Wildman–Crippen MR) is 134 cm³/mol. The minimum absolute atomic E-state index is 0.0811. The summed E-state index contributed by atoms with van der Waals surface area (Å²) >= 11 is 0. The Morgan fingerprint density at radius 2 is 2.09 bits per heavy atom. The maximum Gasteiger partial charge on any atom is 0.243 e. The number of piperidine rings is 1. The van der Waals surface area contributed by atoms with E-state index in [0.717, 1.165) is 29.9 Å². The van der Waals surface area contributed by atoms with Crippen molar-refractivity contribution in [3.05, 3.63) is 72.3 Å². The quantitative estimate of drug-likeness (QED) is 0.398. The lowest BCUT2D eigenvalue weighted by atomic mass is 9.95. The van der Waals surface area contributed by atoms with E-state index >= 15 is 0 Å². The van der Waals surface area contributed by atoms with Crippen molar-refractivity contribution in [1.29, 1.82) is 0 Å². The Bertz CT molecular complexity index is 1440. The van der Waals surface area contributed by atoms with Crippen LogP contribution in [0.2, 0.25) is 0 Å².